The minimum Gasteiger partial charge on any atom is -0.332 e. The molecular weight excluding hydrogens is 340 g/mol. The molecule has 1 aliphatic heterocycles. The minimum atomic E-state index is -0.489. The predicted octanol–water partition coefficient (Wildman–Crippen LogP) is 1.32. The van der Waals surface area contributed by atoms with Crippen molar-refractivity contribution in [2.45, 2.75) is 6.54 Å². The van der Waals surface area contributed by atoms with Crippen LogP contribution in [-0.2, 0) is 16.1 Å². The van der Waals surface area contributed by atoms with Crippen LogP contribution < -0.4 is 10.6 Å². The van der Waals surface area contributed by atoms with Crippen LogP contribution in [0.2, 0.25) is 0 Å². The zero-order valence-electron chi connectivity index (χ0n) is 15.5. The zero-order valence-corrected chi connectivity index (χ0v) is 15.5. The number of carbonyl (C=O) groups is 2. The van der Waals surface area contributed by atoms with Crippen molar-refractivity contribution < 1.29 is 9.59 Å². The highest BCUT2D eigenvalue weighted by Crippen LogP contribution is 2.18. The van der Waals surface area contributed by atoms with Crippen molar-refractivity contribution in [3.8, 4) is 0 Å². The lowest BCUT2D eigenvalue weighted by Gasteiger charge is -2.35. The number of nitrogens with zero attached hydrogens (tertiary/aromatic N) is 3. The van der Waals surface area contributed by atoms with E-state index in [1.807, 2.05) is 60.7 Å². The van der Waals surface area contributed by atoms with Gasteiger partial charge in [-0.3, -0.25) is 19.4 Å². The first-order valence-electron chi connectivity index (χ1n) is 9.31. The minimum absolute atomic E-state index is 0.364. The molecule has 1 fully saturated rings. The zero-order chi connectivity index (χ0) is 19.1. The molecule has 0 atom stereocenters. The molecule has 1 aliphatic rings. The average molecular weight is 366 g/mol. The number of carbonyl (C=O) groups excluding carboxylic acids is 2. The Kier molecular flexibility index (Phi) is 6.57. The van der Waals surface area contributed by atoms with Gasteiger partial charge in [0.25, 0.3) is 0 Å². The summed E-state index contributed by atoms with van der Waals surface area (Å²) in [4.78, 5) is 31.3. The molecule has 2 N–H and O–H groups in total. The van der Waals surface area contributed by atoms with Gasteiger partial charge in [0.2, 0.25) is 0 Å². The SMILES string of the molecule is NCCN1CCN(C(=O)C(=O)N(Cc2ccccc2)c2ccccc2)CC1. The standard InChI is InChI=1S/C21H26N4O2/c22-11-12-23-13-15-24(16-14-23)20(26)21(27)25(19-9-5-2-6-10-19)17-18-7-3-1-4-8-18/h1-10H,11-17,22H2. The highest BCUT2D eigenvalue weighted by atomic mass is 16.2. The van der Waals surface area contributed by atoms with E-state index < -0.39 is 11.8 Å². The van der Waals surface area contributed by atoms with E-state index >= 15 is 0 Å². The summed E-state index contributed by atoms with van der Waals surface area (Å²) in [6.45, 7) is 4.39. The van der Waals surface area contributed by atoms with Gasteiger partial charge in [0.1, 0.15) is 0 Å². The van der Waals surface area contributed by atoms with Gasteiger partial charge >= 0.3 is 11.8 Å². The Bertz CT molecular complexity index is 743. The van der Waals surface area contributed by atoms with E-state index in [2.05, 4.69) is 4.90 Å². The van der Waals surface area contributed by atoms with Crippen molar-refractivity contribution in [2.75, 3.05) is 44.2 Å². The first-order chi connectivity index (χ1) is 13.2. The summed E-state index contributed by atoms with van der Waals surface area (Å²) in [5, 5.41) is 0. The lowest BCUT2D eigenvalue weighted by Crippen LogP contribution is -2.53. The van der Waals surface area contributed by atoms with Gasteiger partial charge in [0.15, 0.2) is 0 Å². The Morgan fingerprint density at radius 3 is 2.07 bits per heavy atom. The van der Waals surface area contributed by atoms with Gasteiger partial charge in [0.05, 0.1) is 6.54 Å². The molecule has 0 radical (unpaired) electrons. The monoisotopic (exact) mass is 366 g/mol. The van der Waals surface area contributed by atoms with E-state index in [1.165, 1.54) is 0 Å². The van der Waals surface area contributed by atoms with E-state index in [9.17, 15) is 9.59 Å². The van der Waals surface area contributed by atoms with Crippen molar-refractivity contribution in [3.63, 3.8) is 0 Å². The van der Waals surface area contributed by atoms with Crippen LogP contribution in [0.15, 0.2) is 60.7 Å². The van der Waals surface area contributed by atoms with E-state index in [0.29, 0.717) is 26.2 Å². The average Bonchev–Trinajstić information content (AvgIpc) is 2.73. The molecule has 0 spiro atoms. The van der Waals surface area contributed by atoms with Gasteiger partial charge < -0.3 is 10.6 Å². The van der Waals surface area contributed by atoms with Crippen LogP contribution in [0.3, 0.4) is 0 Å². The molecular formula is C21H26N4O2. The van der Waals surface area contributed by atoms with Gasteiger partial charge in [-0.05, 0) is 17.7 Å². The highest BCUT2D eigenvalue weighted by Gasteiger charge is 2.30. The Hall–Kier alpha value is -2.70. The van der Waals surface area contributed by atoms with Gasteiger partial charge in [-0.15, -0.1) is 0 Å². The quantitative estimate of drug-likeness (QED) is 0.811. The number of amides is 2. The van der Waals surface area contributed by atoms with Gasteiger partial charge in [-0.1, -0.05) is 48.5 Å². The lowest BCUT2D eigenvalue weighted by molar-refractivity contribution is -0.145. The largest absolute Gasteiger partial charge is 0.332 e. The second-order valence-corrected chi connectivity index (χ2v) is 6.63. The Balaban J connectivity index is 1.74. The molecule has 6 nitrogen and oxygen atoms in total. The number of piperazine rings is 1. The van der Waals surface area contributed by atoms with Crippen LogP contribution in [0, 0.1) is 0 Å². The lowest BCUT2D eigenvalue weighted by atomic mass is 10.2. The Morgan fingerprint density at radius 2 is 1.48 bits per heavy atom. The Labute approximate surface area is 160 Å². The first-order valence-corrected chi connectivity index (χ1v) is 9.31. The van der Waals surface area contributed by atoms with Crippen LogP contribution in [0.4, 0.5) is 5.69 Å². The maximum absolute atomic E-state index is 13.1. The molecule has 0 bridgehead atoms. The van der Waals surface area contributed by atoms with Crippen molar-refractivity contribution in [1.82, 2.24) is 9.80 Å². The van der Waals surface area contributed by atoms with Crippen molar-refractivity contribution in [2.24, 2.45) is 5.73 Å². The molecule has 0 aromatic heterocycles. The Morgan fingerprint density at radius 1 is 0.889 bits per heavy atom. The van der Waals surface area contributed by atoms with E-state index in [-0.39, 0.29) is 0 Å². The summed E-state index contributed by atoms with van der Waals surface area (Å²) >= 11 is 0. The molecule has 2 aromatic rings. The number of rotatable bonds is 5. The van der Waals surface area contributed by atoms with Crippen LogP contribution in [0.1, 0.15) is 5.56 Å². The highest BCUT2D eigenvalue weighted by molar-refractivity contribution is 6.40. The third-order valence-electron chi connectivity index (χ3n) is 4.78. The number of hydrogen-bond acceptors (Lipinski definition) is 4. The van der Waals surface area contributed by atoms with Crippen LogP contribution in [-0.4, -0.2) is 60.9 Å². The smallest absolute Gasteiger partial charge is 0.316 e. The molecule has 1 heterocycles. The van der Waals surface area contributed by atoms with E-state index in [0.717, 1.165) is 30.9 Å². The second kappa shape index (κ2) is 9.30. The number of benzene rings is 2. The second-order valence-electron chi connectivity index (χ2n) is 6.63. The first kappa shape index (κ1) is 19.1. The molecule has 0 unspecified atom stereocenters. The van der Waals surface area contributed by atoms with Crippen molar-refractivity contribution in [1.29, 1.82) is 0 Å². The fourth-order valence-corrected chi connectivity index (χ4v) is 3.26. The number of para-hydroxylation sites is 1. The summed E-state index contributed by atoms with van der Waals surface area (Å²) in [7, 11) is 0. The van der Waals surface area contributed by atoms with Gasteiger partial charge in [-0.25, -0.2) is 0 Å². The molecule has 0 aliphatic carbocycles. The third-order valence-corrected chi connectivity index (χ3v) is 4.78. The summed E-state index contributed by atoms with van der Waals surface area (Å²) < 4.78 is 0. The number of nitrogens with two attached hydrogens (primary N) is 1. The van der Waals surface area contributed by atoms with Crippen LogP contribution in [0.5, 0.6) is 0 Å². The summed E-state index contributed by atoms with van der Waals surface area (Å²) in [5.74, 6) is -0.931. The molecule has 27 heavy (non-hydrogen) atoms. The summed E-state index contributed by atoms with van der Waals surface area (Å²) in [5.41, 5.74) is 7.30. The summed E-state index contributed by atoms with van der Waals surface area (Å²) in [6.07, 6.45) is 0. The fraction of sp³-hybridized carbons (Fsp3) is 0.333. The number of anilines is 1. The molecule has 1 saturated heterocycles. The van der Waals surface area contributed by atoms with E-state index in [1.54, 1.807) is 9.80 Å². The number of hydrogen-bond donors (Lipinski definition) is 1. The van der Waals surface area contributed by atoms with Gasteiger partial charge in [-0.2, -0.15) is 0 Å². The maximum Gasteiger partial charge on any atom is 0.316 e. The van der Waals surface area contributed by atoms with Crippen molar-refractivity contribution >= 4 is 17.5 Å². The third kappa shape index (κ3) is 4.93. The molecule has 3 rings (SSSR count). The molecule has 2 aromatic carbocycles. The van der Waals surface area contributed by atoms with Gasteiger partial charge in [0, 0.05) is 45.0 Å². The molecule has 6 heteroatoms. The topological polar surface area (TPSA) is 69.9 Å². The molecule has 2 amide bonds. The maximum atomic E-state index is 13.1. The van der Waals surface area contributed by atoms with Crippen LogP contribution >= 0.6 is 0 Å². The molecule has 142 valence electrons. The molecule has 0 saturated carbocycles. The van der Waals surface area contributed by atoms with E-state index in [4.69, 9.17) is 5.73 Å². The summed E-state index contributed by atoms with van der Waals surface area (Å²) in [6, 6.07) is 19.1. The predicted molar refractivity (Wildman–Crippen MR) is 106 cm³/mol. The van der Waals surface area contributed by atoms with Crippen LogP contribution in [0.25, 0.3) is 0 Å². The fourth-order valence-electron chi connectivity index (χ4n) is 3.26. The van der Waals surface area contributed by atoms with Crippen molar-refractivity contribution in [3.05, 3.63) is 66.2 Å². The normalized spacial score (nSPS) is 14.8.